The standard InChI is InChI=1S/C82H120N12O21/c1-19-21-23-25-27-29-31-33-57(98)111-41-54-65(76(104)86-61(42(3)4)77(105)93-46(10)37-52(95)68(93)79(107)89(15)39-55(96)91(17)49(13)81(109)114-54)88-74(102)59-60(83)70(100)48(12)72-66(59)84-64-51(36-35-45(9)71(64)115-72)73(101)87-63-50(14)112-82(110)67(44(7)8)92(18)56(97)40-90(16)80(108)69-53(113-58(99)34-32-30-28-26-24-22-20-2)38-47(11)94(69)78(106)62(43(5)6)85-75(63)103/h35-36,42-44,46-47,49-50,53-54,61-63,65,67-69H,19-34,37-41,83H2,1-18H3,(H,85,103)(H,86,104)(H,87,101)(H,88,102). The fourth-order valence-corrected chi connectivity index (χ4v) is 15.2. The number of aromatic nitrogens is 1. The first-order valence-corrected chi connectivity index (χ1v) is 40.5. The van der Waals surface area contributed by atoms with E-state index >= 15 is 28.8 Å². The Balaban J connectivity index is 1.34. The number of carbonyl (C=O) groups excluding carboxylic acids is 15. The number of hydrogen-bond donors (Lipinski definition) is 5. The molecule has 0 radical (unpaired) electrons. The van der Waals surface area contributed by atoms with Crippen LogP contribution in [-0.2, 0) is 81.3 Å². The van der Waals surface area contributed by atoms with Crippen LogP contribution in [0.3, 0.4) is 0 Å². The second-order valence-corrected chi connectivity index (χ2v) is 32.4. The molecule has 33 heteroatoms. The van der Waals surface area contributed by atoms with Crippen molar-refractivity contribution in [2.75, 3.05) is 53.6 Å². The number of aryl methyl sites for hydroxylation is 1. The van der Waals surface area contributed by atoms with Gasteiger partial charge in [-0.25, -0.2) is 14.6 Å². The summed E-state index contributed by atoms with van der Waals surface area (Å²) >= 11 is 0. The predicted octanol–water partition coefficient (Wildman–Crippen LogP) is 5.37. The van der Waals surface area contributed by atoms with Crippen LogP contribution >= 0.6 is 0 Å². The van der Waals surface area contributed by atoms with Gasteiger partial charge in [-0.1, -0.05) is 139 Å². The molecule has 0 aromatic heterocycles. The number of likely N-dealkylation sites (N-methyl/N-ethyl adjacent to an activating group) is 4. The Morgan fingerprint density at radius 2 is 1.13 bits per heavy atom. The number of ether oxygens (including phenoxy) is 4. The third-order valence-corrected chi connectivity index (χ3v) is 22.3. The second kappa shape index (κ2) is 40.9. The number of amides is 10. The minimum atomic E-state index is -2.25. The van der Waals surface area contributed by atoms with Crippen molar-refractivity contribution >= 4 is 106 Å². The number of rotatable bonds is 26. The topological polar surface area (TPSA) is 430 Å². The lowest BCUT2D eigenvalue weighted by Crippen LogP contribution is -2.63. The molecule has 5 heterocycles. The molecule has 33 nitrogen and oxygen atoms in total. The number of carbonyl (C=O) groups is 15. The Hall–Kier alpha value is -10.1. The molecule has 5 aliphatic heterocycles. The summed E-state index contributed by atoms with van der Waals surface area (Å²) in [6, 6.07) is -12.4. The lowest BCUT2D eigenvalue weighted by molar-refractivity contribution is -0.168. The van der Waals surface area contributed by atoms with E-state index < -0.39 is 233 Å². The van der Waals surface area contributed by atoms with Gasteiger partial charge in [0.1, 0.15) is 72.3 Å². The number of hydrogen-bond acceptors (Lipinski definition) is 23. The Kier molecular flexibility index (Phi) is 32.8. The quantitative estimate of drug-likeness (QED) is 0.0168. The molecule has 13 unspecified atom stereocenters. The van der Waals surface area contributed by atoms with Crippen LogP contribution in [0.2, 0.25) is 0 Å². The molecule has 10 amide bonds. The molecule has 6 aliphatic rings. The molecule has 4 fully saturated rings. The summed E-state index contributed by atoms with van der Waals surface area (Å²) in [7, 11) is 5.14. The number of nitrogens with two attached hydrogens (primary N) is 1. The van der Waals surface area contributed by atoms with Crippen LogP contribution in [0, 0.1) is 31.6 Å². The van der Waals surface area contributed by atoms with E-state index in [1.54, 1.807) is 41.5 Å². The van der Waals surface area contributed by atoms with Gasteiger partial charge in [0.05, 0.1) is 29.9 Å². The van der Waals surface area contributed by atoms with E-state index in [4.69, 9.17) is 34.1 Å². The number of anilines is 1. The van der Waals surface area contributed by atoms with Gasteiger partial charge in [0.2, 0.25) is 46.8 Å². The maximum absolute atomic E-state index is 15.7. The third-order valence-electron chi connectivity index (χ3n) is 22.3. The second-order valence-electron chi connectivity index (χ2n) is 32.4. The molecule has 1 aromatic carbocycles. The van der Waals surface area contributed by atoms with Gasteiger partial charge in [0.15, 0.2) is 29.3 Å². The Morgan fingerprint density at radius 1 is 0.609 bits per heavy atom. The highest BCUT2D eigenvalue weighted by Crippen LogP contribution is 2.37. The summed E-state index contributed by atoms with van der Waals surface area (Å²) in [5.41, 5.74) is 2.77. The Labute approximate surface area is 672 Å². The molecule has 0 spiro atoms. The maximum atomic E-state index is 15.7. The van der Waals surface area contributed by atoms with E-state index in [0.29, 0.717) is 24.8 Å². The van der Waals surface area contributed by atoms with Crippen LogP contribution in [-0.4, -0.2) is 250 Å². The van der Waals surface area contributed by atoms with Crippen molar-refractivity contribution in [2.24, 2.45) is 17.8 Å². The highest BCUT2D eigenvalue weighted by molar-refractivity contribution is 6.13. The lowest BCUT2D eigenvalue weighted by atomic mass is 9.98. The highest BCUT2D eigenvalue weighted by Gasteiger charge is 2.53. The lowest BCUT2D eigenvalue weighted by Gasteiger charge is -2.37. The summed E-state index contributed by atoms with van der Waals surface area (Å²) in [5.74, 6) is -16.8. The average molecular weight is 1610 g/mol. The summed E-state index contributed by atoms with van der Waals surface area (Å²) in [6.45, 7) is 20.2. The van der Waals surface area contributed by atoms with Crippen LogP contribution in [0.1, 0.15) is 231 Å². The van der Waals surface area contributed by atoms with E-state index in [0.717, 1.165) is 95.1 Å². The first-order chi connectivity index (χ1) is 54.2. The van der Waals surface area contributed by atoms with E-state index in [9.17, 15) is 47.9 Å². The summed E-state index contributed by atoms with van der Waals surface area (Å²) in [6.07, 6.45) is 7.11. The summed E-state index contributed by atoms with van der Waals surface area (Å²) in [5, 5.41) is 10.6. The highest BCUT2D eigenvalue weighted by atomic mass is 16.6. The normalized spacial score (nSPS) is 24.9. The van der Waals surface area contributed by atoms with Gasteiger partial charge in [-0.3, -0.25) is 67.1 Å². The molecule has 0 saturated carbocycles. The number of fused-ring (bicyclic) bond motifs is 4. The van der Waals surface area contributed by atoms with Crippen LogP contribution < -0.4 is 32.4 Å². The minimum absolute atomic E-state index is 0.00150. The van der Waals surface area contributed by atoms with Crippen molar-refractivity contribution in [1.29, 1.82) is 0 Å². The number of nitrogens with one attached hydrogen (secondary N) is 4. The first-order valence-electron chi connectivity index (χ1n) is 40.5. The molecule has 1 aliphatic carbocycles. The van der Waals surface area contributed by atoms with Crippen molar-refractivity contribution in [3.05, 3.63) is 44.6 Å². The number of esters is 4. The number of nitrogens with zero attached hydrogens (tertiary/aromatic N) is 7. The molecule has 6 N–H and O–H groups in total. The van der Waals surface area contributed by atoms with Gasteiger partial charge >= 0.3 is 23.9 Å². The van der Waals surface area contributed by atoms with Gasteiger partial charge < -0.3 is 79.8 Å². The van der Waals surface area contributed by atoms with Gasteiger partial charge in [0, 0.05) is 71.5 Å². The van der Waals surface area contributed by atoms with Crippen molar-refractivity contribution < 1.29 is 95.3 Å². The monoisotopic (exact) mass is 1610 g/mol. The Morgan fingerprint density at radius 3 is 1.70 bits per heavy atom. The zero-order chi connectivity index (χ0) is 85.5. The molecular weight excluding hydrogens is 1490 g/mol. The van der Waals surface area contributed by atoms with E-state index in [2.05, 4.69) is 35.1 Å². The average Bonchev–Trinajstić information content (AvgIpc) is 1.61. The summed E-state index contributed by atoms with van der Waals surface area (Å²) in [4.78, 5) is 246. The molecule has 13 atom stereocenters. The number of unbranched alkanes of at least 4 members (excludes halogenated alkanes) is 12. The number of nitrogen functional groups attached to an aromatic ring is 1. The van der Waals surface area contributed by atoms with Crippen LogP contribution in [0.25, 0.3) is 22.6 Å². The molecule has 1 aromatic rings. The molecule has 0 bridgehead atoms. The van der Waals surface area contributed by atoms with E-state index in [-0.39, 0.29) is 48.1 Å². The number of benzene rings is 2. The molecule has 7 rings (SSSR count). The number of cyclic esters (lactones) is 2. The maximum Gasteiger partial charge on any atom is 0.329 e. The van der Waals surface area contributed by atoms with Crippen molar-refractivity contribution in [3.63, 3.8) is 0 Å². The van der Waals surface area contributed by atoms with Crippen molar-refractivity contribution in [1.82, 2.24) is 55.7 Å². The van der Waals surface area contributed by atoms with E-state index in [1.165, 1.54) is 86.8 Å². The smallest absolute Gasteiger partial charge is 0.329 e. The summed E-state index contributed by atoms with van der Waals surface area (Å²) < 4.78 is 30.4. The van der Waals surface area contributed by atoms with Gasteiger partial charge in [-0.05, 0) is 83.8 Å². The molecular formula is C82H120N12O21. The fraction of sp³-hybridized carbons (Fsp3) is 0.671. The van der Waals surface area contributed by atoms with Crippen molar-refractivity contribution in [2.45, 2.75) is 291 Å². The largest absolute Gasteiger partial charge is 0.462 e. The zero-order valence-corrected chi connectivity index (χ0v) is 70.0. The number of ketones is 1. The number of Topliss-reactive ketones (excluding diaryl/α,β-unsaturated/α-hetero) is 1. The van der Waals surface area contributed by atoms with Gasteiger partial charge in [-0.15, -0.1) is 0 Å². The molecule has 634 valence electrons. The van der Waals surface area contributed by atoms with Crippen LogP contribution in [0.4, 0.5) is 5.69 Å². The van der Waals surface area contributed by atoms with Gasteiger partial charge in [0.25, 0.3) is 17.7 Å². The molecule has 115 heavy (non-hydrogen) atoms. The SMILES string of the molecule is CCCCCCCCCC(=O)OCC1OC(=O)C(C)N(C)C(=O)CN(C)C(=O)C2C(=O)CC(C)N2C(=O)C(C(C)C)NC(=O)C1NC(=O)c1c2nc3c(C(=O)NC4C(=O)NC(C(C)C)C(=O)N5C(C)CC(OC(=O)CCCCCCCCC)C5C(=O)N(C)CC(=O)N(C)C(C(C)C)C(=O)OC4C)ccc(C)c3oc-2c(C)c(=O)c1N. The van der Waals surface area contributed by atoms with E-state index in [1.807, 2.05) is 0 Å². The molecule has 4 saturated heterocycles. The van der Waals surface area contributed by atoms with Gasteiger partial charge in [-0.2, -0.15) is 0 Å². The predicted molar refractivity (Wildman–Crippen MR) is 422 cm³/mol. The zero-order valence-electron chi connectivity index (χ0n) is 70.0. The fourth-order valence-electron chi connectivity index (χ4n) is 15.2. The first kappa shape index (κ1) is 92.1. The Bertz CT molecular complexity index is 4160. The van der Waals surface area contributed by atoms with Crippen LogP contribution in [0.15, 0.2) is 21.3 Å². The minimum Gasteiger partial charge on any atom is -0.462 e. The third kappa shape index (κ3) is 21.9. The van der Waals surface area contributed by atoms with Crippen LogP contribution in [0.5, 0.6) is 0 Å². The van der Waals surface area contributed by atoms with Crippen molar-refractivity contribution in [3.8, 4) is 11.5 Å².